The molecule has 63 heavy (non-hydrogen) atoms. The summed E-state index contributed by atoms with van der Waals surface area (Å²) in [6.45, 7) is 5.11. The molecule has 3 aromatic rings. The van der Waals surface area contributed by atoms with Crippen LogP contribution < -0.4 is 10.1 Å². The quantitative estimate of drug-likeness (QED) is 0.0553. The van der Waals surface area contributed by atoms with Crippen molar-refractivity contribution in [1.29, 1.82) is 0 Å². The summed E-state index contributed by atoms with van der Waals surface area (Å²) >= 11 is 0. The molecule has 1 aromatic heterocycles. The van der Waals surface area contributed by atoms with Gasteiger partial charge in [0.1, 0.15) is 10.6 Å². The van der Waals surface area contributed by atoms with Gasteiger partial charge in [0.15, 0.2) is 11.9 Å². The zero-order valence-corrected chi connectivity index (χ0v) is 39.6. The number of carboxylic acids is 1. The van der Waals surface area contributed by atoms with Gasteiger partial charge in [-0.05, 0) is 37.1 Å². The predicted molar refractivity (Wildman–Crippen MR) is 257 cm³/mol. The maximum Gasteiger partial charge on any atom is 0.338 e. The zero-order valence-electron chi connectivity index (χ0n) is 38.7. The number of hydrogen-bond donors (Lipinski definition) is 2. The number of amidine groups is 1. The number of aromatic nitrogens is 2. The molecule has 0 bridgehead atoms. The van der Waals surface area contributed by atoms with Gasteiger partial charge >= 0.3 is 5.97 Å². The van der Waals surface area contributed by atoms with Crippen molar-refractivity contribution in [3.8, 4) is 5.75 Å². The molecular formula is C51H79N5O6S. The van der Waals surface area contributed by atoms with E-state index in [9.17, 15) is 23.1 Å². The Balaban J connectivity index is 1.35. The van der Waals surface area contributed by atoms with Gasteiger partial charge in [-0.1, -0.05) is 205 Å². The fourth-order valence-electron chi connectivity index (χ4n) is 8.39. The minimum Gasteiger partial charge on any atom is -0.491 e. The Labute approximate surface area is 379 Å². The van der Waals surface area contributed by atoms with Gasteiger partial charge in [0.05, 0.1) is 29.7 Å². The number of unbranched alkanes of at least 4 members (excludes halogenated alkanes) is 26. The molecule has 1 aliphatic heterocycles. The Kier molecular flexibility index (Phi) is 24.5. The number of nitrogens with one attached hydrogen (secondary N) is 1. The second-order valence-electron chi connectivity index (χ2n) is 17.5. The molecule has 1 aliphatic rings. The smallest absolute Gasteiger partial charge is 0.338 e. The fraction of sp³-hybridized carbons (Fsp3) is 0.647. The second kappa shape index (κ2) is 30.0. The molecule has 0 radical (unpaired) electrons. The number of carboxylic acid groups (broad SMARTS) is 1. The third kappa shape index (κ3) is 18.1. The first-order valence-corrected chi connectivity index (χ1v) is 26.2. The van der Waals surface area contributed by atoms with E-state index in [1.807, 2.05) is 6.07 Å². The number of rotatable bonds is 36. The Morgan fingerprint density at radius 1 is 0.651 bits per heavy atom. The Morgan fingerprint density at radius 2 is 1.13 bits per heavy atom. The molecule has 2 N–H and O–H groups in total. The molecule has 350 valence electrons. The van der Waals surface area contributed by atoms with Crippen LogP contribution in [0.25, 0.3) is 0 Å². The van der Waals surface area contributed by atoms with E-state index >= 15 is 0 Å². The summed E-state index contributed by atoms with van der Waals surface area (Å²) in [5.74, 6) is -1.39. The van der Waals surface area contributed by atoms with Gasteiger partial charge in [0.25, 0.3) is 15.9 Å². The number of aliphatic imine (C=N–C) groups is 1. The van der Waals surface area contributed by atoms with Crippen molar-refractivity contribution in [1.82, 2.24) is 14.1 Å². The minimum atomic E-state index is -4.12. The molecule has 2 heterocycles. The van der Waals surface area contributed by atoms with Crippen LogP contribution in [0.2, 0.25) is 0 Å². The third-order valence-electron chi connectivity index (χ3n) is 12.1. The van der Waals surface area contributed by atoms with Crippen LogP contribution in [-0.4, -0.2) is 58.5 Å². The Bertz CT molecular complexity index is 1900. The first kappa shape index (κ1) is 51.4. The molecule has 0 fully saturated rings. The van der Waals surface area contributed by atoms with E-state index in [1.165, 1.54) is 150 Å². The van der Waals surface area contributed by atoms with Crippen LogP contribution in [0, 0.1) is 0 Å². The fourth-order valence-corrected chi connectivity index (χ4v) is 10.0. The summed E-state index contributed by atoms with van der Waals surface area (Å²) < 4.78 is 37.3. The Morgan fingerprint density at radius 3 is 1.65 bits per heavy atom. The maximum absolute atomic E-state index is 14.5. The van der Waals surface area contributed by atoms with Crippen LogP contribution in [0.5, 0.6) is 5.75 Å². The van der Waals surface area contributed by atoms with Crippen LogP contribution in [0.15, 0.2) is 70.8 Å². The standard InChI is InChI=1S/C51H79N5O6S/c1-3-5-7-9-11-13-15-17-18-19-20-21-23-25-27-33-39-56-49(53-45-36-30-32-38-47(45)63(56,60)61)48(55-42-43(41-52-55)51(58)59)50(57)54-44-35-29-31-37-46(44)62-40-34-28-26-24-22-16-14-12-10-8-6-4-2/h29-32,35-38,41-42,48H,3-28,33-34,39-40H2,1-2H3,(H,54,57)(H,58,59). The van der Waals surface area contributed by atoms with E-state index in [-0.39, 0.29) is 28.5 Å². The lowest BCUT2D eigenvalue weighted by Crippen LogP contribution is -2.47. The van der Waals surface area contributed by atoms with Gasteiger partial charge < -0.3 is 15.2 Å². The monoisotopic (exact) mass is 890 g/mol. The predicted octanol–water partition coefficient (Wildman–Crippen LogP) is 13.8. The minimum absolute atomic E-state index is 0.0397. The number of nitrogens with zero attached hydrogens (tertiary/aromatic N) is 4. The van der Waals surface area contributed by atoms with Crippen LogP contribution in [0.1, 0.15) is 210 Å². The zero-order chi connectivity index (χ0) is 45.0. The summed E-state index contributed by atoms with van der Waals surface area (Å²) in [6, 6.07) is 12.3. The van der Waals surface area contributed by atoms with Crippen molar-refractivity contribution >= 4 is 39.1 Å². The highest BCUT2D eigenvalue weighted by molar-refractivity contribution is 7.90. The summed E-state index contributed by atoms with van der Waals surface area (Å²) in [6.07, 6.45) is 36.5. The van der Waals surface area contributed by atoms with Crippen molar-refractivity contribution in [3.05, 3.63) is 66.5 Å². The molecule has 0 saturated heterocycles. The largest absolute Gasteiger partial charge is 0.491 e. The molecule has 1 amide bonds. The van der Waals surface area contributed by atoms with Gasteiger partial charge in [-0.2, -0.15) is 5.10 Å². The third-order valence-corrected chi connectivity index (χ3v) is 14.0. The van der Waals surface area contributed by atoms with Crippen molar-refractivity contribution in [2.45, 2.75) is 205 Å². The normalized spacial score (nSPS) is 13.7. The highest BCUT2D eigenvalue weighted by Gasteiger charge is 2.41. The first-order valence-electron chi connectivity index (χ1n) is 24.8. The number of aromatic carboxylic acids is 1. The number of anilines is 1. The second-order valence-corrected chi connectivity index (χ2v) is 19.3. The van der Waals surface area contributed by atoms with E-state index in [0.29, 0.717) is 24.5 Å². The number of benzene rings is 2. The lowest BCUT2D eigenvalue weighted by Gasteiger charge is -2.33. The van der Waals surface area contributed by atoms with Gasteiger partial charge in [-0.3, -0.25) is 13.8 Å². The lowest BCUT2D eigenvalue weighted by atomic mass is 10.0. The van der Waals surface area contributed by atoms with Crippen molar-refractivity contribution in [3.63, 3.8) is 0 Å². The van der Waals surface area contributed by atoms with Gasteiger partial charge in [-0.25, -0.2) is 18.2 Å². The average molecular weight is 890 g/mol. The van der Waals surface area contributed by atoms with E-state index in [4.69, 9.17) is 9.73 Å². The number of carbonyl (C=O) groups excluding carboxylic acids is 1. The maximum atomic E-state index is 14.5. The number of amides is 1. The molecule has 11 nitrogen and oxygen atoms in total. The van der Waals surface area contributed by atoms with Crippen molar-refractivity contribution in [2.24, 2.45) is 4.99 Å². The molecule has 0 saturated carbocycles. The van der Waals surface area contributed by atoms with Crippen LogP contribution in [0.3, 0.4) is 0 Å². The molecular weight excluding hydrogens is 811 g/mol. The summed E-state index contributed by atoms with van der Waals surface area (Å²) in [5, 5.41) is 17.0. The van der Waals surface area contributed by atoms with Gasteiger partial charge in [-0.15, -0.1) is 0 Å². The molecule has 2 aromatic carbocycles. The van der Waals surface area contributed by atoms with E-state index in [0.717, 1.165) is 51.1 Å². The average Bonchev–Trinajstić information content (AvgIpc) is 3.77. The molecule has 12 heteroatoms. The van der Waals surface area contributed by atoms with Gasteiger partial charge in [0.2, 0.25) is 0 Å². The van der Waals surface area contributed by atoms with Crippen LogP contribution in [0.4, 0.5) is 11.4 Å². The molecule has 0 aliphatic carbocycles. The lowest BCUT2D eigenvalue weighted by molar-refractivity contribution is -0.117. The highest BCUT2D eigenvalue weighted by atomic mass is 32.2. The Hall–Kier alpha value is -4.19. The SMILES string of the molecule is CCCCCCCCCCCCCCCCCCN1C(C(C(=O)Nc2ccccc2OCCCCCCCCCCCCCC)n2cc(C(=O)O)cn2)=Nc2ccccc2S1(=O)=O. The summed E-state index contributed by atoms with van der Waals surface area (Å²) in [7, 11) is -4.12. The molecule has 0 spiro atoms. The number of hydrogen-bond acceptors (Lipinski definition) is 7. The molecule has 1 unspecified atom stereocenters. The van der Waals surface area contributed by atoms with Gasteiger partial charge in [0, 0.05) is 12.7 Å². The summed E-state index contributed by atoms with van der Waals surface area (Å²) in [5.41, 5.74) is 0.495. The van der Waals surface area contributed by atoms with Crippen molar-refractivity contribution < 1.29 is 27.9 Å². The van der Waals surface area contributed by atoms with E-state index < -0.39 is 27.9 Å². The van der Waals surface area contributed by atoms with Crippen LogP contribution in [-0.2, 0) is 14.8 Å². The number of fused-ring (bicyclic) bond motifs is 1. The molecule has 4 rings (SSSR count). The number of ether oxygens (including phenoxy) is 1. The first-order chi connectivity index (χ1) is 30.8. The van der Waals surface area contributed by atoms with E-state index in [2.05, 4.69) is 24.3 Å². The summed E-state index contributed by atoms with van der Waals surface area (Å²) in [4.78, 5) is 31.4. The topological polar surface area (TPSA) is 143 Å². The number of sulfonamides is 1. The van der Waals surface area contributed by atoms with E-state index in [1.54, 1.807) is 36.4 Å². The number of para-hydroxylation sites is 3. The number of carbonyl (C=O) groups is 2. The molecule has 1 atom stereocenters. The van der Waals surface area contributed by atoms with Crippen molar-refractivity contribution in [2.75, 3.05) is 18.5 Å². The highest BCUT2D eigenvalue weighted by Crippen LogP contribution is 2.36. The van der Waals surface area contributed by atoms with Crippen LogP contribution >= 0.6 is 0 Å².